The largest absolute Gasteiger partial charge is 0.370 e. The van der Waals surface area contributed by atoms with Crippen molar-refractivity contribution in [2.24, 2.45) is 0 Å². The van der Waals surface area contributed by atoms with Gasteiger partial charge in [-0.1, -0.05) is 68.1 Å². The molecule has 2 saturated heterocycles. The highest BCUT2D eigenvalue weighted by Gasteiger charge is 2.29. The Morgan fingerprint density at radius 3 is 1.21 bits per heavy atom. The molecule has 0 radical (unpaired) electrons. The summed E-state index contributed by atoms with van der Waals surface area (Å²) in [7, 11) is 0. The van der Waals surface area contributed by atoms with Crippen molar-refractivity contribution in [1.29, 1.82) is 10.5 Å². The van der Waals surface area contributed by atoms with E-state index in [1.807, 2.05) is 86.6 Å². The summed E-state index contributed by atoms with van der Waals surface area (Å²) in [4.78, 5) is 32.2. The third-order valence-corrected chi connectivity index (χ3v) is 13.7. The van der Waals surface area contributed by atoms with Gasteiger partial charge in [-0.2, -0.15) is 10.5 Å². The fourth-order valence-corrected chi connectivity index (χ4v) is 10.4. The second-order valence-electron chi connectivity index (χ2n) is 22.2. The molecule has 14 nitrogen and oxygen atoms in total. The van der Waals surface area contributed by atoms with Gasteiger partial charge in [0.05, 0.1) is 22.4 Å². The van der Waals surface area contributed by atoms with Gasteiger partial charge < -0.3 is 31.1 Å². The van der Waals surface area contributed by atoms with Crippen LogP contribution in [0.1, 0.15) is 120 Å². The van der Waals surface area contributed by atoms with Gasteiger partial charge in [0.2, 0.25) is 0 Å². The molecular weight excluding hydrogens is 953 g/mol. The Bertz CT molecular complexity index is 3140. The molecule has 0 unspecified atom stereocenters. The maximum Gasteiger partial charge on any atom is 0.151 e. The van der Waals surface area contributed by atoms with Crippen molar-refractivity contribution in [2.75, 3.05) is 46.6 Å². The predicted octanol–water partition coefficient (Wildman–Crippen LogP) is 12.4. The van der Waals surface area contributed by atoms with Gasteiger partial charge in [-0.05, 0) is 141 Å². The molecule has 6 heterocycles. The van der Waals surface area contributed by atoms with Gasteiger partial charge in [-0.15, -0.1) is 0 Å². The molecule has 10 rings (SSSR count). The van der Waals surface area contributed by atoms with Crippen molar-refractivity contribution in [3.63, 3.8) is 0 Å². The first kappa shape index (κ1) is 55.2. The molecule has 0 amide bonds. The van der Waals surface area contributed by atoms with Crippen LogP contribution >= 0.6 is 0 Å². The van der Waals surface area contributed by atoms with E-state index in [2.05, 4.69) is 141 Å². The molecule has 14 heteroatoms. The fourth-order valence-electron chi connectivity index (χ4n) is 10.4. The van der Waals surface area contributed by atoms with Gasteiger partial charge in [0.1, 0.15) is 34.9 Å². The summed E-state index contributed by atoms with van der Waals surface area (Å²) in [5, 5.41) is 37.0. The van der Waals surface area contributed by atoms with Gasteiger partial charge in [0, 0.05) is 108 Å². The van der Waals surface area contributed by atoms with Crippen molar-refractivity contribution < 1.29 is 0 Å². The molecule has 0 atom stereocenters. The van der Waals surface area contributed by atoms with Crippen molar-refractivity contribution in [3.05, 3.63) is 167 Å². The van der Waals surface area contributed by atoms with Gasteiger partial charge in [-0.25, -0.2) is 29.9 Å². The smallest absolute Gasteiger partial charge is 0.151 e. The van der Waals surface area contributed by atoms with Gasteiger partial charge >= 0.3 is 0 Å². The molecule has 4 aromatic heterocycles. The summed E-state index contributed by atoms with van der Waals surface area (Å²) >= 11 is 0. The Kier molecular flexibility index (Phi) is 17.4. The fraction of sp³-hybridized carbons (Fsp3) is 0.365. The number of fused-ring (bicyclic) bond motifs is 2. The number of nitrogens with one attached hydrogen (secondary N) is 4. The zero-order chi connectivity index (χ0) is 53.4. The maximum atomic E-state index is 10.3. The standard InChI is InChI=1S/2C31H35N7.CH4/c2*1-21-13-16-33-28(34-21)19-22-9-11-23(12-10-22)35-30-26(20-32)29(25-7-5-6-8-27(25)36-30)38-17-14-24(15-18-38)37-31(2,3)4;/h2*5-13,16,24,37H,14-15,17-19H2,1-4H3,(H,35,36);1H4. The molecule has 0 aliphatic carbocycles. The third-order valence-electron chi connectivity index (χ3n) is 13.7. The molecule has 4 N–H and O–H groups in total. The first-order valence-corrected chi connectivity index (χ1v) is 26.6. The average Bonchev–Trinajstić information content (AvgIpc) is 3.45. The molecule has 0 spiro atoms. The topological polar surface area (TPSA) is 180 Å². The number of nitrogens with zero attached hydrogens (tertiary/aromatic N) is 10. The number of aromatic nitrogens is 6. The van der Waals surface area contributed by atoms with Crippen LogP contribution in [0.15, 0.2) is 122 Å². The molecule has 77 heavy (non-hydrogen) atoms. The summed E-state index contributed by atoms with van der Waals surface area (Å²) in [5.74, 6) is 2.79. The number of nitriles is 2. The van der Waals surface area contributed by atoms with Crippen LogP contribution in [0.2, 0.25) is 0 Å². The lowest BCUT2D eigenvalue weighted by molar-refractivity contribution is 0.317. The number of hydrogen-bond donors (Lipinski definition) is 4. The normalized spacial score (nSPS) is 14.3. The number of piperidine rings is 2. The van der Waals surface area contributed by atoms with E-state index < -0.39 is 0 Å². The lowest BCUT2D eigenvalue weighted by atomic mass is 9.98. The predicted molar refractivity (Wildman–Crippen MR) is 314 cm³/mol. The van der Waals surface area contributed by atoms with Crippen LogP contribution in [0.4, 0.5) is 34.4 Å². The van der Waals surface area contributed by atoms with E-state index >= 15 is 0 Å². The van der Waals surface area contributed by atoms with Gasteiger partial charge in [0.25, 0.3) is 0 Å². The van der Waals surface area contributed by atoms with E-state index in [-0.39, 0.29) is 18.5 Å². The number of aryl methyl sites for hydroxylation is 2. The van der Waals surface area contributed by atoms with Crippen molar-refractivity contribution in [1.82, 2.24) is 40.5 Å². The van der Waals surface area contributed by atoms with Crippen molar-refractivity contribution in [3.8, 4) is 12.1 Å². The lowest BCUT2D eigenvalue weighted by Crippen LogP contribution is -2.49. The molecule has 2 fully saturated rings. The lowest BCUT2D eigenvalue weighted by Gasteiger charge is -2.38. The Balaban J connectivity index is 0.000000201. The Morgan fingerprint density at radius 2 is 0.870 bits per heavy atom. The van der Waals surface area contributed by atoms with Crippen LogP contribution in [0.3, 0.4) is 0 Å². The minimum Gasteiger partial charge on any atom is -0.370 e. The highest BCUT2D eigenvalue weighted by Crippen LogP contribution is 2.38. The number of anilines is 6. The van der Waals surface area contributed by atoms with E-state index in [4.69, 9.17) is 9.97 Å². The molecule has 396 valence electrons. The van der Waals surface area contributed by atoms with Crippen LogP contribution in [0.5, 0.6) is 0 Å². The van der Waals surface area contributed by atoms with Crippen LogP contribution in [-0.4, -0.2) is 79.2 Å². The minimum absolute atomic E-state index is 0. The Labute approximate surface area is 455 Å². The van der Waals surface area contributed by atoms with E-state index in [0.29, 0.717) is 47.7 Å². The quantitative estimate of drug-likeness (QED) is 0.0908. The van der Waals surface area contributed by atoms with Gasteiger partial charge in [-0.3, -0.25) is 0 Å². The first-order chi connectivity index (χ1) is 36.6. The average molecular weight is 1030 g/mol. The second kappa shape index (κ2) is 24.3. The molecule has 0 saturated carbocycles. The number of hydrogen-bond acceptors (Lipinski definition) is 14. The minimum atomic E-state index is 0. The monoisotopic (exact) mass is 1030 g/mol. The first-order valence-electron chi connectivity index (χ1n) is 26.6. The highest BCUT2D eigenvalue weighted by atomic mass is 15.2. The zero-order valence-electron chi connectivity index (χ0n) is 45.2. The molecule has 8 aromatic rings. The summed E-state index contributed by atoms with van der Waals surface area (Å²) in [6.07, 6.45) is 9.07. The number of pyridine rings is 2. The van der Waals surface area contributed by atoms with Crippen molar-refractivity contribution >= 4 is 56.2 Å². The van der Waals surface area contributed by atoms with E-state index in [1.165, 1.54) is 0 Å². The molecular formula is C63H74N14. The van der Waals surface area contributed by atoms with E-state index in [9.17, 15) is 10.5 Å². The maximum absolute atomic E-state index is 10.3. The Hall–Kier alpha value is -8.04. The third kappa shape index (κ3) is 14.3. The van der Waals surface area contributed by atoms with Crippen LogP contribution in [0.25, 0.3) is 21.8 Å². The molecule has 0 bridgehead atoms. The number of para-hydroxylation sites is 2. The molecule has 2 aliphatic heterocycles. The van der Waals surface area contributed by atoms with E-state index in [0.717, 1.165) is 131 Å². The summed E-state index contributed by atoms with van der Waals surface area (Å²) in [5.41, 5.74) is 11.0. The highest BCUT2D eigenvalue weighted by molar-refractivity contribution is 5.99. The van der Waals surface area contributed by atoms with Crippen molar-refractivity contribution in [2.45, 2.75) is 125 Å². The Morgan fingerprint density at radius 1 is 0.506 bits per heavy atom. The van der Waals surface area contributed by atoms with E-state index in [1.54, 1.807) is 12.4 Å². The van der Waals surface area contributed by atoms with Crippen LogP contribution in [0, 0.1) is 36.5 Å². The molecule has 2 aliphatic rings. The summed E-state index contributed by atoms with van der Waals surface area (Å²) in [6.45, 7) is 20.8. The summed E-state index contributed by atoms with van der Waals surface area (Å²) < 4.78 is 0. The van der Waals surface area contributed by atoms with Gasteiger partial charge in [0.15, 0.2) is 11.6 Å². The number of rotatable bonds is 12. The number of benzene rings is 4. The summed E-state index contributed by atoms with van der Waals surface area (Å²) in [6, 6.07) is 42.3. The zero-order valence-corrected chi connectivity index (χ0v) is 45.2. The van der Waals surface area contributed by atoms with Crippen LogP contribution in [-0.2, 0) is 12.8 Å². The van der Waals surface area contributed by atoms with Crippen LogP contribution < -0.4 is 31.1 Å². The molecule has 4 aromatic carbocycles. The second-order valence-corrected chi connectivity index (χ2v) is 22.2. The SMILES string of the molecule is C.Cc1ccnc(Cc2ccc(Nc3nc4ccccc4c(N4CCC(NC(C)(C)C)CC4)c3C#N)cc2)n1.Cc1ccnc(Cc2ccc(Nc3nc4ccccc4c(N4CCC(NC(C)(C)C)CC4)c3C#N)cc2)n1.